The van der Waals surface area contributed by atoms with Crippen LogP contribution in [0, 0.1) is 20.8 Å². The van der Waals surface area contributed by atoms with E-state index in [9.17, 15) is 4.79 Å². The lowest BCUT2D eigenvalue weighted by Crippen LogP contribution is -2.05. The van der Waals surface area contributed by atoms with Crippen molar-refractivity contribution in [1.82, 2.24) is 15.2 Å². The summed E-state index contributed by atoms with van der Waals surface area (Å²) in [5.74, 6) is 1.14. The number of thioether (sulfide) groups is 1. The van der Waals surface area contributed by atoms with Gasteiger partial charge in [-0.1, -0.05) is 47.7 Å². The number of fused-ring (bicyclic) bond motifs is 1. The van der Waals surface area contributed by atoms with Crippen molar-refractivity contribution in [3.05, 3.63) is 64.2 Å². The first-order chi connectivity index (χ1) is 14.5. The zero-order valence-electron chi connectivity index (χ0n) is 17.2. The van der Waals surface area contributed by atoms with Crippen molar-refractivity contribution in [2.45, 2.75) is 25.8 Å². The average molecular weight is 436 g/mol. The first kappa shape index (κ1) is 20.5. The molecule has 0 saturated carbocycles. The number of aromatic nitrogens is 3. The summed E-state index contributed by atoms with van der Waals surface area (Å²) >= 11 is 2.97. The van der Waals surface area contributed by atoms with Gasteiger partial charge in [0.15, 0.2) is 5.78 Å². The van der Waals surface area contributed by atoms with Crippen LogP contribution in [0.4, 0.5) is 0 Å². The van der Waals surface area contributed by atoms with Crippen molar-refractivity contribution in [2.24, 2.45) is 0 Å². The van der Waals surface area contributed by atoms with Crippen LogP contribution in [0.2, 0.25) is 0 Å². The standard InChI is InChI=1S/C23H21N3O2S2/c1-13-8-9-18(14(2)10-13)19(27)12-29-23-21-22(30-15(3)24-21)20(25-26-23)16-6-5-7-17(11-16)28-4/h5-11H,12H2,1-4H3. The third-order valence-corrected chi connectivity index (χ3v) is 6.69. The van der Waals surface area contributed by atoms with E-state index in [1.165, 1.54) is 11.8 Å². The van der Waals surface area contributed by atoms with Gasteiger partial charge in [0, 0.05) is 11.1 Å². The van der Waals surface area contributed by atoms with Gasteiger partial charge in [0.1, 0.15) is 22.0 Å². The smallest absolute Gasteiger partial charge is 0.173 e. The number of nitrogens with zero attached hydrogens (tertiary/aromatic N) is 3. The van der Waals surface area contributed by atoms with Crippen LogP contribution < -0.4 is 4.74 Å². The SMILES string of the molecule is COc1cccc(-c2nnc(SCC(=O)c3ccc(C)cc3C)c3nc(C)sc23)c1. The molecule has 30 heavy (non-hydrogen) atoms. The number of Topliss-reactive ketones (excluding diaryl/α,β-unsaturated/α-hetero) is 1. The van der Waals surface area contributed by atoms with Gasteiger partial charge >= 0.3 is 0 Å². The highest BCUT2D eigenvalue weighted by Gasteiger charge is 2.18. The Balaban J connectivity index is 1.65. The number of hydrogen-bond acceptors (Lipinski definition) is 7. The van der Waals surface area contributed by atoms with Gasteiger partial charge in [0.25, 0.3) is 0 Å². The summed E-state index contributed by atoms with van der Waals surface area (Å²) in [5, 5.41) is 10.5. The summed E-state index contributed by atoms with van der Waals surface area (Å²) in [7, 11) is 1.64. The monoisotopic (exact) mass is 435 g/mol. The summed E-state index contributed by atoms with van der Waals surface area (Å²) in [6.07, 6.45) is 0. The van der Waals surface area contributed by atoms with E-state index < -0.39 is 0 Å². The summed E-state index contributed by atoms with van der Waals surface area (Å²) in [5.41, 5.74) is 5.39. The molecule has 0 radical (unpaired) electrons. The minimum absolute atomic E-state index is 0.0799. The molecule has 0 unspecified atom stereocenters. The fraction of sp³-hybridized carbons (Fsp3) is 0.217. The largest absolute Gasteiger partial charge is 0.497 e. The summed E-state index contributed by atoms with van der Waals surface area (Å²) in [4.78, 5) is 17.4. The topological polar surface area (TPSA) is 65.0 Å². The lowest BCUT2D eigenvalue weighted by atomic mass is 10.0. The molecular weight excluding hydrogens is 414 g/mol. The van der Waals surface area contributed by atoms with Gasteiger partial charge in [-0.05, 0) is 38.5 Å². The Morgan fingerprint density at radius 3 is 2.70 bits per heavy atom. The maximum atomic E-state index is 12.7. The van der Waals surface area contributed by atoms with Gasteiger partial charge in [-0.25, -0.2) is 4.98 Å². The summed E-state index contributed by atoms with van der Waals surface area (Å²) < 4.78 is 6.31. The minimum Gasteiger partial charge on any atom is -0.497 e. The number of benzene rings is 2. The third kappa shape index (κ3) is 4.08. The van der Waals surface area contributed by atoms with E-state index >= 15 is 0 Å². The molecule has 4 aromatic rings. The van der Waals surface area contributed by atoms with Crippen molar-refractivity contribution in [3.8, 4) is 17.0 Å². The fourth-order valence-electron chi connectivity index (χ4n) is 3.32. The first-order valence-electron chi connectivity index (χ1n) is 9.47. The Bertz CT molecular complexity index is 1250. The van der Waals surface area contributed by atoms with Crippen LogP contribution in [0.3, 0.4) is 0 Å². The van der Waals surface area contributed by atoms with E-state index in [2.05, 4.69) is 15.2 Å². The van der Waals surface area contributed by atoms with E-state index in [1.807, 2.05) is 63.2 Å². The van der Waals surface area contributed by atoms with Crippen LogP contribution in [-0.2, 0) is 0 Å². The molecule has 0 aliphatic heterocycles. The Morgan fingerprint density at radius 2 is 1.93 bits per heavy atom. The number of carbonyl (C=O) groups excluding carboxylic acids is 1. The summed E-state index contributed by atoms with van der Waals surface area (Å²) in [6, 6.07) is 13.6. The highest BCUT2D eigenvalue weighted by Crippen LogP contribution is 2.36. The van der Waals surface area contributed by atoms with E-state index in [4.69, 9.17) is 4.74 Å². The van der Waals surface area contributed by atoms with Crippen LogP contribution in [0.25, 0.3) is 21.5 Å². The molecule has 0 N–H and O–H groups in total. The van der Waals surface area contributed by atoms with Crippen LogP contribution in [0.5, 0.6) is 5.75 Å². The van der Waals surface area contributed by atoms with Gasteiger partial charge in [0.2, 0.25) is 0 Å². The van der Waals surface area contributed by atoms with Gasteiger partial charge in [-0.15, -0.1) is 21.5 Å². The Morgan fingerprint density at radius 1 is 1.10 bits per heavy atom. The lowest BCUT2D eigenvalue weighted by Gasteiger charge is -2.08. The highest BCUT2D eigenvalue weighted by atomic mass is 32.2. The Kier molecular flexibility index (Phi) is 5.83. The van der Waals surface area contributed by atoms with Gasteiger partial charge in [-0.2, -0.15) is 0 Å². The molecule has 0 atom stereocenters. The molecule has 2 aromatic heterocycles. The number of carbonyl (C=O) groups is 1. The lowest BCUT2D eigenvalue weighted by molar-refractivity contribution is 0.102. The molecule has 0 saturated heterocycles. The zero-order chi connectivity index (χ0) is 21.3. The number of ether oxygens (including phenoxy) is 1. The maximum Gasteiger partial charge on any atom is 0.173 e. The molecule has 0 amide bonds. The second kappa shape index (κ2) is 8.53. The molecule has 5 nitrogen and oxygen atoms in total. The second-order valence-corrected chi connectivity index (χ2v) is 9.19. The van der Waals surface area contributed by atoms with E-state index in [1.54, 1.807) is 18.4 Å². The summed E-state index contributed by atoms with van der Waals surface area (Å²) in [6.45, 7) is 5.96. The fourth-order valence-corrected chi connectivity index (χ4v) is 5.11. The van der Waals surface area contributed by atoms with Gasteiger partial charge < -0.3 is 4.74 Å². The van der Waals surface area contributed by atoms with Crippen LogP contribution >= 0.6 is 23.1 Å². The molecule has 2 heterocycles. The van der Waals surface area contributed by atoms with E-state index in [-0.39, 0.29) is 5.78 Å². The highest BCUT2D eigenvalue weighted by molar-refractivity contribution is 8.00. The van der Waals surface area contributed by atoms with Crippen LogP contribution in [-0.4, -0.2) is 33.8 Å². The molecule has 0 aliphatic rings. The molecular formula is C23H21N3O2S2. The van der Waals surface area contributed by atoms with Crippen molar-refractivity contribution in [1.29, 1.82) is 0 Å². The Labute approximate surface area is 183 Å². The number of rotatable bonds is 6. The zero-order valence-corrected chi connectivity index (χ0v) is 18.9. The molecule has 4 rings (SSSR count). The molecule has 0 bridgehead atoms. The van der Waals surface area contributed by atoms with Crippen molar-refractivity contribution in [3.63, 3.8) is 0 Å². The number of hydrogen-bond donors (Lipinski definition) is 0. The number of aryl methyl sites for hydroxylation is 3. The quantitative estimate of drug-likeness (QED) is 0.287. The predicted octanol–water partition coefficient (Wildman–Crippen LogP) is 5.66. The average Bonchev–Trinajstić information content (AvgIpc) is 3.13. The number of thiazole rings is 1. The van der Waals surface area contributed by atoms with Crippen LogP contribution in [0.1, 0.15) is 26.5 Å². The molecule has 0 fully saturated rings. The molecule has 7 heteroatoms. The third-order valence-electron chi connectivity index (χ3n) is 4.76. The van der Waals surface area contributed by atoms with Crippen molar-refractivity contribution in [2.75, 3.05) is 12.9 Å². The van der Waals surface area contributed by atoms with Gasteiger partial charge in [0.05, 0.1) is 22.6 Å². The van der Waals surface area contributed by atoms with Crippen LogP contribution in [0.15, 0.2) is 47.5 Å². The van der Waals surface area contributed by atoms with Crippen molar-refractivity contribution < 1.29 is 9.53 Å². The molecule has 2 aromatic carbocycles. The van der Waals surface area contributed by atoms with Crippen molar-refractivity contribution >= 4 is 39.1 Å². The second-order valence-electron chi connectivity index (χ2n) is 7.03. The number of ketones is 1. The Hall–Kier alpha value is -2.77. The molecule has 0 aliphatic carbocycles. The van der Waals surface area contributed by atoms with Gasteiger partial charge in [-0.3, -0.25) is 4.79 Å². The molecule has 0 spiro atoms. The van der Waals surface area contributed by atoms with E-state index in [0.717, 1.165) is 48.9 Å². The van der Waals surface area contributed by atoms with E-state index in [0.29, 0.717) is 10.8 Å². The first-order valence-corrected chi connectivity index (χ1v) is 11.3. The normalized spacial score (nSPS) is 11.1. The maximum absolute atomic E-state index is 12.7. The predicted molar refractivity (Wildman–Crippen MR) is 123 cm³/mol. The minimum atomic E-state index is 0.0799. The molecule has 152 valence electrons. The number of methoxy groups -OCH3 is 1.